The number of carboxylic acid groups (broad SMARTS) is 1. The molecule has 0 spiro atoms. The van der Waals surface area contributed by atoms with Crippen molar-refractivity contribution in [2.75, 3.05) is 42.0 Å². The minimum absolute atomic E-state index is 0.554. The number of nitrogens with zero attached hydrogens (tertiary/aromatic N) is 1. The fourth-order valence-corrected chi connectivity index (χ4v) is 2.00. The fraction of sp³-hybridized carbons (Fsp3) is 0.909. The summed E-state index contributed by atoms with van der Waals surface area (Å²) in [4.78, 5) is 8.78. The van der Waals surface area contributed by atoms with Gasteiger partial charge in [-0.3, -0.25) is 14.2 Å². The SMILES string of the molecule is COC(OC)(OC)[N+](C)(C)CCC[SiH3].O=C([O-])C(F)(F)F. The van der Waals surface area contributed by atoms with Crippen molar-refractivity contribution in [3.8, 4) is 0 Å². The van der Waals surface area contributed by atoms with Crippen LogP contribution in [0, 0.1) is 0 Å². The van der Waals surface area contributed by atoms with Crippen LogP contribution in [-0.4, -0.2) is 74.9 Å². The van der Waals surface area contributed by atoms with E-state index >= 15 is 0 Å². The van der Waals surface area contributed by atoms with Crippen molar-refractivity contribution in [2.24, 2.45) is 0 Å². The Kier molecular flexibility index (Phi) is 10.1. The van der Waals surface area contributed by atoms with Gasteiger partial charge in [-0.1, -0.05) is 6.04 Å². The van der Waals surface area contributed by atoms with Gasteiger partial charge in [-0.2, -0.15) is 13.2 Å². The van der Waals surface area contributed by atoms with Crippen LogP contribution in [-0.2, 0) is 19.0 Å². The molecular formula is C11H24F3NO5Si. The maximum absolute atomic E-state index is 10.5. The molecule has 0 heterocycles. The van der Waals surface area contributed by atoms with E-state index in [-0.39, 0.29) is 0 Å². The minimum Gasteiger partial charge on any atom is -0.542 e. The normalized spacial score (nSPS) is 12.8. The molecule has 0 radical (unpaired) electrons. The maximum atomic E-state index is 10.5. The van der Waals surface area contributed by atoms with Crippen LogP contribution < -0.4 is 5.11 Å². The number of methoxy groups -OCH3 is 3. The zero-order valence-corrected chi connectivity index (χ0v) is 15.2. The van der Waals surface area contributed by atoms with E-state index in [9.17, 15) is 13.2 Å². The van der Waals surface area contributed by atoms with Crippen molar-refractivity contribution in [1.82, 2.24) is 0 Å². The summed E-state index contributed by atoms with van der Waals surface area (Å²) in [5.74, 6) is -3.01. The molecule has 0 N–H and O–H groups in total. The first-order valence-corrected chi connectivity index (χ1v) is 7.62. The van der Waals surface area contributed by atoms with Crippen LogP contribution >= 0.6 is 0 Å². The number of alkyl halides is 3. The van der Waals surface area contributed by atoms with Gasteiger partial charge in [-0.05, 0) is 6.42 Å². The number of quaternary nitrogens is 1. The molecule has 0 saturated heterocycles. The van der Waals surface area contributed by atoms with Gasteiger partial charge in [0.25, 0.3) is 0 Å². The van der Waals surface area contributed by atoms with Crippen LogP contribution in [0.25, 0.3) is 0 Å². The van der Waals surface area contributed by atoms with Crippen LogP contribution in [0.3, 0.4) is 0 Å². The molecular weight excluding hydrogens is 311 g/mol. The van der Waals surface area contributed by atoms with Crippen molar-refractivity contribution in [1.29, 1.82) is 0 Å². The van der Waals surface area contributed by atoms with Crippen molar-refractivity contribution < 1.29 is 41.8 Å². The molecule has 0 fully saturated rings. The summed E-state index contributed by atoms with van der Waals surface area (Å²) >= 11 is 0. The lowest BCUT2D eigenvalue weighted by Gasteiger charge is -2.42. The Balaban J connectivity index is 0. The second-order valence-electron chi connectivity index (χ2n) is 4.68. The van der Waals surface area contributed by atoms with Crippen LogP contribution in [0.2, 0.25) is 6.04 Å². The van der Waals surface area contributed by atoms with Crippen molar-refractivity contribution in [2.45, 2.75) is 24.7 Å². The highest BCUT2D eigenvalue weighted by atomic mass is 28.1. The lowest BCUT2D eigenvalue weighted by atomic mass is 10.4. The number of carbonyl (C=O) groups is 1. The Bertz CT molecular complexity index is 300. The van der Waals surface area contributed by atoms with E-state index in [1.54, 1.807) is 21.3 Å². The monoisotopic (exact) mass is 335 g/mol. The Morgan fingerprint density at radius 3 is 1.67 bits per heavy atom. The molecule has 0 amide bonds. The molecule has 0 aliphatic heterocycles. The van der Waals surface area contributed by atoms with Crippen molar-refractivity contribution >= 4 is 16.2 Å². The van der Waals surface area contributed by atoms with Gasteiger partial charge < -0.3 is 9.90 Å². The first kappa shape index (κ1) is 22.6. The van der Waals surface area contributed by atoms with E-state index in [2.05, 4.69) is 0 Å². The third kappa shape index (κ3) is 7.22. The summed E-state index contributed by atoms with van der Waals surface area (Å²) in [5.41, 5.74) is 0. The van der Waals surface area contributed by atoms with Crippen LogP contribution in [0.5, 0.6) is 0 Å². The predicted octanol–water partition coefficient (Wildman–Crippen LogP) is -0.914. The summed E-state index contributed by atoms with van der Waals surface area (Å²) < 4.78 is 48.1. The molecule has 0 aliphatic rings. The molecule has 128 valence electrons. The van der Waals surface area contributed by atoms with Crippen LogP contribution in [0.4, 0.5) is 13.2 Å². The molecule has 0 unspecified atom stereocenters. The third-order valence-corrected chi connectivity index (χ3v) is 3.52. The molecule has 21 heavy (non-hydrogen) atoms. The molecule has 6 nitrogen and oxygen atoms in total. The third-order valence-electron chi connectivity index (χ3n) is 2.82. The van der Waals surface area contributed by atoms with Gasteiger partial charge in [-0.25, -0.2) is 4.48 Å². The van der Waals surface area contributed by atoms with E-state index in [1.807, 2.05) is 14.1 Å². The van der Waals surface area contributed by atoms with Gasteiger partial charge >= 0.3 is 12.3 Å². The van der Waals surface area contributed by atoms with Crippen LogP contribution in [0.1, 0.15) is 6.42 Å². The average molecular weight is 335 g/mol. The molecule has 0 atom stereocenters. The second-order valence-corrected chi connectivity index (χ2v) is 5.68. The molecule has 0 bridgehead atoms. The van der Waals surface area contributed by atoms with E-state index in [4.69, 9.17) is 24.1 Å². The number of carbonyl (C=O) groups excluding carboxylic acids is 1. The average Bonchev–Trinajstić information content (AvgIpc) is 2.38. The largest absolute Gasteiger partial charge is 0.542 e. The summed E-state index contributed by atoms with van der Waals surface area (Å²) in [6.07, 6.45) is -4.99. The molecule has 0 aliphatic carbocycles. The van der Waals surface area contributed by atoms with Gasteiger partial charge in [0.2, 0.25) is 0 Å². The first-order valence-electron chi connectivity index (χ1n) is 6.20. The molecule has 0 aromatic rings. The van der Waals surface area contributed by atoms with E-state index < -0.39 is 18.2 Å². The lowest BCUT2D eigenvalue weighted by molar-refractivity contribution is -1.02. The summed E-state index contributed by atoms with van der Waals surface area (Å²) in [5, 5.41) is 8.78. The quantitative estimate of drug-likeness (QED) is 0.342. The maximum Gasteiger partial charge on any atom is 0.448 e. The Morgan fingerprint density at radius 1 is 1.14 bits per heavy atom. The van der Waals surface area contributed by atoms with Gasteiger partial charge in [0.15, 0.2) is 0 Å². The summed E-state index contributed by atoms with van der Waals surface area (Å²) in [6, 6.07) is 1.29. The number of rotatable bonds is 7. The molecule has 0 aromatic heterocycles. The standard InChI is InChI=1S/C9H24NO3Si.C2HF3O2/c1-10(2,7-6-8-14)9(11-3,12-4)13-5;3-2(4,5)1(6)7/h6-8H2,1-5,14H3;(H,6,7)/q+1;/p-1. The number of carboxylic acids is 1. The highest BCUT2D eigenvalue weighted by Crippen LogP contribution is 2.24. The highest BCUT2D eigenvalue weighted by molar-refractivity contribution is 6.08. The number of ether oxygens (including phenoxy) is 3. The first-order chi connectivity index (χ1) is 9.44. The van der Waals surface area contributed by atoms with Crippen molar-refractivity contribution in [3.05, 3.63) is 0 Å². The van der Waals surface area contributed by atoms with E-state index in [1.165, 1.54) is 22.7 Å². The van der Waals surface area contributed by atoms with Gasteiger partial charge in [0, 0.05) is 31.6 Å². The zero-order valence-electron chi connectivity index (χ0n) is 13.2. The molecule has 10 heteroatoms. The fourth-order valence-electron chi connectivity index (χ4n) is 1.68. The Morgan fingerprint density at radius 2 is 1.48 bits per heavy atom. The van der Waals surface area contributed by atoms with E-state index in [0.29, 0.717) is 4.48 Å². The second kappa shape index (κ2) is 9.36. The van der Waals surface area contributed by atoms with Gasteiger partial charge in [0.05, 0.1) is 20.6 Å². The predicted molar refractivity (Wildman–Crippen MR) is 71.2 cm³/mol. The topological polar surface area (TPSA) is 67.8 Å². The molecule has 0 saturated carbocycles. The smallest absolute Gasteiger partial charge is 0.448 e. The summed E-state index contributed by atoms with van der Waals surface area (Å²) in [6.45, 7) is 0.985. The zero-order chi connectivity index (χ0) is 17.3. The van der Waals surface area contributed by atoms with Crippen LogP contribution in [0.15, 0.2) is 0 Å². The number of aliphatic carboxylic acids is 1. The molecule has 0 aromatic carbocycles. The van der Waals surface area contributed by atoms with Gasteiger partial charge in [-0.15, -0.1) is 0 Å². The lowest BCUT2D eigenvalue weighted by Crippen LogP contribution is -2.63. The van der Waals surface area contributed by atoms with E-state index in [0.717, 1.165) is 6.54 Å². The Hall–Kier alpha value is -0.683. The van der Waals surface area contributed by atoms with Gasteiger partial charge in [0.1, 0.15) is 5.97 Å². The van der Waals surface area contributed by atoms with Crippen molar-refractivity contribution in [3.63, 3.8) is 0 Å². The minimum atomic E-state index is -5.19. The highest BCUT2D eigenvalue weighted by Gasteiger charge is 2.48. The Labute approximate surface area is 125 Å². The summed E-state index contributed by atoms with van der Waals surface area (Å²) in [7, 11) is 10.2. The number of hydrogen-bond donors (Lipinski definition) is 0. The number of hydrogen-bond acceptors (Lipinski definition) is 5. The number of halogens is 3. The molecule has 0 rings (SSSR count).